The van der Waals surface area contributed by atoms with E-state index in [1.165, 1.54) is 47.1 Å². The smallest absolute Gasteiger partial charge is 0.242 e. The van der Waals surface area contributed by atoms with Gasteiger partial charge in [0, 0.05) is 30.9 Å². The number of nitrogens with zero attached hydrogens (tertiary/aromatic N) is 5. The molecule has 1 aliphatic carbocycles. The summed E-state index contributed by atoms with van der Waals surface area (Å²) in [5, 5.41) is 2.23. The van der Waals surface area contributed by atoms with Gasteiger partial charge in [0.2, 0.25) is 10.0 Å². The molecule has 0 aliphatic heterocycles. The molecule has 10 heteroatoms. The predicted octanol–water partition coefficient (Wildman–Crippen LogP) is 4.48. The molecule has 0 atom stereocenters. The Morgan fingerprint density at radius 3 is 2.78 bits per heavy atom. The summed E-state index contributed by atoms with van der Waals surface area (Å²) >= 11 is 3.49. The van der Waals surface area contributed by atoms with Crippen LogP contribution in [0.1, 0.15) is 36.0 Å². The Hall–Kier alpha value is -2.01. The Morgan fingerprint density at radius 2 is 2.00 bits per heavy atom. The number of hydrogen-bond donors (Lipinski definition) is 0. The van der Waals surface area contributed by atoms with Crippen LogP contribution >= 0.6 is 23.1 Å². The Bertz CT molecular complexity index is 1420. The molecule has 0 amide bonds. The monoisotopic (exact) mass is 487 g/mol. The fraction of sp³-hybridized carbons (Fsp3) is 0.409. The maximum Gasteiger partial charge on any atom is 0.242 e. The Kier molecular flexibility index (Phi) is 5.73. The third kappa shape index (κ3) is 3.63. The molecular weight excluding hydrogens is 462 g/mol. The lowest BCUT2D eigenvalue weighted by atomic mass is 9.97. The first-order valence-electron chi connectivity index (χ1n) is 10.7. The van der Waals surface area contributed by atoms with Crippen molar-refractivity contribution in [2.24, 2.45) is 0 Å². The number of imidazole rings is 1. The van der Waals surface area contributed by atoms with E-state index in [4.69, 9.17) is 4.98 Å². The quantitative estimate of drug-likeness (QED) is 0.295. The van der Waals surface area contributed by atoms with Gasteiger partial charge in [-0.15, -0.1) is 11.3 Å². The zero-order valence-corrected chi connectivity index (χ0v) is 20.8. The maximum atomic E-state index is 12.5. The highest BCUT2D eigenvalue weighted by molar-refractivity contribution is 7.98. The van der Waals surface area contributed by atoms with Gasteiger partial charge in [0.05, 0.1) is 21.7 Å². The van der Waals surface area contributed by atoms with Crippen molar-refractivity contribution in [2.75, 3.05) is 14.1 Å². The molecule has 1 aliphatic rings. The van der Waals surface area contributed by atoms with Gasteiger partial charge in [0.1, 0.15) is 22.0 Å². The van der Waals surface area contributed by atoms with Crippen molar-refractivity contribution in [3.05, 3.63) is 40.8 Å². The van der Waals surface area contributed by atoms with Crippen molar-refractivity contribution < 1.29 is 8.42 Å². The molecule has 3 aromatic heterocycles. The van der Waals surface area contributed by atoms with Gasteiger partial charge in [-0.05, 0) is 56.4 Å². The largest absolute Gasteiger partial charge is 0.328 e. The van der Waals surface area contributed by atoms with E-state index in [0.29, 0.717) is 11.3 Å². The lowest BCUT2D eigenvalue weighted by Gasteiger charge is -2.11. The minimum atomic E-state index is -3.50. The molecule has 0 N–H and O–H groups in total. The van der Waals surface area contributed by atoms with Crippen LogP contribution in [-0.4, -0.2) is 46.3 Å². The van der Waals surface area contributed by atoms with Crippen LogP contribution in [0, 0.1) is 0 Å². The van der Waals surface area contributed by atoms with E-state index in [9.17, 15) is 8.42 Å². The number of hydrogen-bond acceptors (Lipinski definition) is 7. The standard InChI is InChI=1S/C22H25N5O2S3/c1-4-27-17-10-9-14(32(28,29)26(2)3)11-16(17)25-19(27)12-30-21-20-15-7-5-6-8-18(15)31-22(20)24-13-23-21/h9-11,13H,4-8,12H2,1-3H3. The van der Waals surface area contributed by atoms with Crippen molar-refractivity contribution in [3.63, 3.8) is 0 Å². The summed E-state index contributed by atoms with van der Waals surface area (Å²) in [5.74, 6) is 1.58. The van der Waals surface area contributed by atoms with Gasteiger partial charge in [-0.1, -0.05) is 11.8 Å². The van der Waals surface area contributed by atoms with Crippen LogP contribution < -0.4 is 0 Å². The molecule has 7 nitrogen and oxygen atoms in total. The van der Waals surface area contributed by atoms with E-state index in [1.807, 2.05) is 17.4 Å². The number of fused-ring (bicyclic) bond motifs is 4. The van der Waals surface area contributed by atoms with Crippen LogP contribution in [-0.2, 0) is 35.2 Å². The average molecular weight is 488 g/mol. The first-order chi connectivity index (χ1) is 15.4. The highest BCUT2D eigenvalue weighted by Crippen LogP contribution is 2.40. The zero-order valence-electron chi connectivity index (χ0n) is 18.3. The van der Waals surface area contributed by atoms with Gasteiger partial charge in [0.25, 0.3) is 0 Å². The van der Waals surface area contributed by atoms with Crippen molar-refractivity contribution in [1.29, 1.82) is 0 Å². The molecular formula is C22H25N5O2S3. The number of thiophene rings is 1. The van der Waals surface area contributed by atoms with Gasteiger partial charge in [-0.2, -0.15) is 0 Å². The molecule has 0 saturated carbocycles. The lowest BCUT2D eigenvalue weighted by Crippen LogP contribution is -2.22. The van der Waals surface area contributed by atoms with Crippen LogP contribution in [0.2, 0.25) is 0 Å². The molecule has 0 bridgehead atoms. The highest BCUT2D eigenvalue weighted by Gasteiger charge is 2.22. The topological polar surface area (TPSA) is 81.0 Å². The third-order valence-electron chi connectivity index (χ3n) is 5.95. The number of aryl methyl sites for hydroxylation is 3. The van der Waals surface area contributed by atoms with E-state index < -0.39 is 10.0 Å². The zero-order chi connectivity index (χ0) is 22.5. The van der Waals surface area contributed by atoms with E-state index >= 15 is 0 Å². The molecule has 5 rings (SSSR count). The first-order valence-corrected chi connectivity index (χ1v) is 13.9. The molecule has 0 radical (unpaired) electrons. The van der Waals surface area contributed by atoms with Crippen LogP contribution in [0.3, 0.4) is 0 Å². The second-order valence-electron chi connectivity index (χ2n) is 8.07. The number of aromatic nitrogens is 4. The normalized spacial score (nSPS) is 14.5. The van der Waals surface area contributed by atoms with Crippen molar-refractivity contribution in [3.8, 4) is 0 Å². The van der Waals surface area contributed by atoms with E-state index in [2.05, 4.69) is 21.5 Å². The molecule has 0 saturated heterocycles. The van der Waals surface area contributed by atoms with Gasteiger partial charge in [-0.25, -0.2) is 27.7 Å². The van der Waals surface area contributed by atoms with Gasteiger partial charge < -0.3 is 4.57 Å². The molecule has 0 spiro atoms. The summed E-state index contributed by atoms with van der Waals surface area (Å²) in [6.07, 6.45) is 6.38. The fourth-order valence-electron chi connectivity index (χ4n) is 4.30. The van der Waals surface area contributed by atoms with Crippen LogP contribution in [0.15, 0.2) is 34.4 Å². The SMILES string of the molecule is CCn1c(CSc2ncnc3sc4c(c23)CCCC4)nc2cc(S(=O)(=O)N(C)C)ccc21. The average Bonchev–Trinajstić information content (AvgIpc) is 3.34. The number of sulfonamides is 1. The summed E-state index contributed by atoms with van der Waals surface area (Å²) in [6, 6.07) is 5.19. The summed E-state index contributed by atoms with van der Waals surface area (Å²) in [4.78, 5) is 16.8. The number of benzene rings is 1. The summed E-state index contributed by atoms with van der Waals surface area (Å²) < 4.78 is 28.5. The highest BCUT2D eigenvalue weighted by atomic mass is 32.2. The Morgan fingerprint density at radius 1 is 1.19 bits per heavy atom. The van der Waals surface area contributed by atoms with Crippen LogP contribution in [0.4, 0.5) is 0 Å². The third-order valence-corrected chi connectivity index (χ3v) is 9.94. The lowest BCUT2D eigenvalue weighted by molar-refractivity contribution is 0.521. The summed E-state index contributed by atoms with van der Waals surface area (Å²) in [5.41, 5.74) is 3.08. The minimum Gasteiger partial charge on any atom is -0.328 e. The summed E-state index contributed by atoms with van der Waals surface area (Å²) in [6.45, 7) is 2.84. The Balaban J connectivity index is 1.50. The van der Waals surface area contributed by atoms with Crippen molar-refractivity contribution in [1.82, 2.24) is 23.8 Å². The summed E-state index contributed by atoms with van der Waals surface area (Å²) in [7, 11) is -0.419. The molecule has 32 heavy (non-hydrogen) atoms. The maximum absolute atomic E-state index is 12.5. The first kappa shape index (κ1) is 21.8. The van der Waals surface area contributed by atoms with E-state index in [1.54, 1.807) is 30.2 Å². The fourth-order valence-corrected chi connectivity index (χ4v) is 7.49. The van der Waals surface area contributed by atoms with Gasteiger partial charge in [-0.3, -0.25) is 0 Å². The molecule has 1 aromatic carbocycles. The van der Waals surface area contributed by atoms with Crippen molar-refractivity contribution in [2.45, 2.75) is 54.8 Å². The number of rotatable bonds is 6. The van der Waals surface area contributed by atoms with Gasteiger partial charge in [0.15, 0.2) is 0 Å². The molecule has 4 aromatic rings. The van der Waals surface area contributed by atoms with Crippen LogP contribution in [0.5, 0.6) is 0 Å². The van der Waals surface area contributed by atoms with E-state index in [0.717, 1.165) is 40.6 Å². The molecule has 0 fully saturated rings. The molecule has 3 heterocycles. The second-order valence-corrected chi connectivity index (χ2v) is 12.3. The van der Waals surface area contributed by atoms with Crippen molar-refractivity contribution >= 4 is 54.4 Å². The number of thioether (sulfide) groups is 1. The molecule has 0 unspecified atom stereocenters. The predicted molar refractivity (Wildman–Crippen MR) is 130 cm³/mol. The molecule has 168 valence electrons. The second kappa shape index (κ2) is 8.40. The van der Waals surface area contributed by atoms with Gasteiger partial charge >= 0.3 is 0 Å². The minimum absolute atomic E-state index is 0.261. The Labute approximate surface area is 195 Å². The van der Waals surface area contributed by atoms with E-state index in [-0.39, 0.29) is 4.90 Å². The van der Waals surface area contributed by atoms with Crippen LogP contribution in [0.25, 0.3) is 21.3 Å².